The largest absolute Gasteiger partial charge is 0.378 e. The first-order valence-corrected chi connectivity index (χ1v) is 8.56. The average Bonchev–Trinajstić information content (AvgIpc) is 2.42. The van der Waals surface area contributed by atoms with Crippen LogP contribution in [0.3, 0.4) is 0 Å². The van der Waals surface area contributed by atoms with Gasteiger partial charge < -0.3 is 10.1 Å². The molecule has 0 aromatic carbocycles. The Morgan fingerprint density at radius 2 is 1.79 bits per heavy atom. The molecule has 2 unspecified atom stereocenters. The average molecular weight is 267 g/mol. The standard InChI is InChI=1S/C17H33NO/c1-4-5-14-6-8-15(9-7-14)18-16-10-11-19-17(12-16)13(2)3/h13-18H,4-12H2,1-3H3. The van der Waals surface area contributed by atoms with Crippen LogP contribution >= 0.6 is 0 Å². The lowest BCUT2D eigenvalue weighted by Crippen LogP contribution is -2.46. The van der Waals surface area contributed by atoms with Gasteiger partial charge in [-0.25, -0.2) is 0 Å². The van der Waals surface area contributed by atoms with E-state index >= 15 is 0 Å². The molecule has 1 saturated carbocycles. The number of hydrogen-bond donors (Lipinski definition) is 1. The summed E-state index contributed by atoms with van der Waals surface area (Å²) >= 11 is 0. The van der Waals surface area contributed by atoms with Gasteiger partial charge in [0.05, 0.1) is 6.10 Å². The van der Waals surface area contributed by atoms with Gasteiger partial charge in [-0.05, 0) is 50.4 Å². The highest BCUT2D eigenvalue weighted by Gasteiger charge is 2.28. The Kier molecular flexibility index (Phi) is 6.15. The van der Waals surface area contributed by atoms with E-state index in [1.54, 1.807) is 0 Å². The van der Waals surface area contributed by atoms with Crippen LogP contribution in [0.5, 0.6) is 0 Å². The monoisotopic (exact) mass is 267 g/mol. The summed E-state index contributed by atoms with van der Waals surface area (Å²) in [6.07, 6.45) is 11.4. The molecule has 0 spiro atoms. The fraction of sp³-hybridized carbons (Fsp3) is 1.00. The highest BCUT2D eigenvalue weighted by atomic mass is 16.5. The second-order valence-corrected chi connectivity index (χ2v) is 7.05. The van der Waals surface area contributed by atoms with Crippen molar-refractivity contribution in [1.82, 2.24) is 5.32 Å². The zero-order valence-corrected chi connectivity index (χ0v) is 13.2. The maximum absolute atomic E-state index is 5.87. The third kappa shape index (κ3) is 4.75. The molecule has 1 saturated heterocycles. The van der Waals surface area contributed by atoms with Gasteiger partial charge in [-0.15, -0.1) is 0 Å². The summed E-state index contributed by atoms with van der Waals surface area (Å²) in [5.74, 6) is 1.67. The molecule has 2 rings (SSSR count). The Hall–Kier alpha value is -0.0800. The number of hydrogen-bond acceptors (Lipinski definition) is 2. The predicted molar refractivity (Wildman–Crippen MR) is 81.4 cm³/mol. The van der Waals surface area contributed by atoms with Crippen molar-refractivity contribution in [3.05, 3.63) is 0 Å². The van der Waals surface area contributed by atoms with Gasteiger partial charge in [0.2, 0.25) is 0 Å². The van der Waals surface area contributed by atoms with E-state index < -0.39 is 0 Å². The highest BCUT2D eigenvalue weighted by molar-refractivity contribution is 4.84. The quantitative estimate of drug-likeness (QED) is 0.808. The molecule has 0 aromatic heterocycles. The van der Waals surface area contributed by atoms with Crippen LogP contribution in [0.1, 0.15) is 72.1 Å². The maximum Gasteiger partial charge on any atom is 0.0612 e. The second kappa shape index (κ2) is 7.64. The third-order valence-electron chi connectivity index (χ3n) is 5.07. The topological polar surface area (TPSA) is 21.3 Å². The molecule has 0 radical (unpaired) electrons. The molecule has 2 atom stereocenters. The summed E-state index contributed by atoms with van der Waals surface area (Å²) in [5, 5.41) is 3.93. The van der Waals surface area contributed by atoms with E-state index in [4.69, 9.17) is 4.74 Å². The summed E-state index contributed by atoms with van der Waals surface area (Å²) in [7, 11) is 0. The van der Waals surface area contributed by atoms with E-state index in [2.05, 4.69) is 26.1 Å². The van der Waals surface area contributed by atoms with E-state index in [0.29, 0.717) is 18.1 Å². The smallest absolute Gasteiger partial charge is 0.0612 e. The fourth-order valence-corrected chi connectivity index (χ4v) is 3.80. The van der Waals surface area contributed by atoms with Crippen LogP contribution in [0.25, 0.3) is 0 Å². The van der Waals surface area contributed by atoms with Gasteiger partial charge in [0, 0.05) is 18.7 Å². The molecule has 0 bridgehead atoms. The molecule has 1 aliphatic carbocycles. The fourth-order valence-electron chi connectivity index (χ4n) is 3.80. The molecule has 2 nitrogen and oxygen atoms in total. The van der Waals surface area contributed by atoms with Crippen LogP contribution in [-0.4, -0.2) is 24.8 Å². The van der Waals surface area contributed by atoms with Crippen molar-refractivity contribution < 1.29 is 4.74 Å². The zero-order chi connectivity index (χ0) is 13.7. The first kappa shape index (κ1) is 15.3. The Morgan fingerprint density at radius 3 is 2.42 bits per heavy atom. The lowest BCUT2D eigenvalue weighted by atomic mass is 9.83. The van der Waals surface area contributed by atoms with Gasteiger partial charge in [0.1, 0.15) is 0 Å². The summed E-state index contributed by atoms with van der Waals surface area (Å²) in [6, 6.07) is 1.48. The second-order valence-electron chi connectivity index (χ2n) is 7.05. The molecule has 2 fully saturated rings. The van der Waals surface area contributed by atoms with Crippen molar-refractivity contribution in [3.8, 4) is 0 Å². The van der Waals surface area contributed by atoms with Gasteiger partial charge in [-0.1, -0.05) is 33.6 Å². The molecule has 1 heterocycles. The van der Waals surface area contributed by atoms with E-state index in [1.807, 2.05) is 0 Å². The molecule has 2 heteroatoms. The van der Waals surface area contributed by atoms with E-state index in [1.165, 1.54) is 51.4 Å². The molecule has 19 heavy (non-hydrogen) atoms. The van der Waals surface area contributed by atoms with Crippen molar-refractivity contribution >= 4 is 0 Å². The lowest BCUT2D eigenvalue weighted by molar-refractivity contribution is -0.0268. The molecule has 1 aliphatic heterocycles. The summed E-state index contributed by atoms with van der Waals surface area (Å²) in [4.78, 5) is 0. The van der Waals surface area contributed by atoms with Crippen LogP contribution in [0.15, 0.2) is 0 Å². The summed E-state index contributed by atoms with van der Waals surface area (Å²) < 4.78 is 5.87. The predicted octanol–water partition coefficient (Wildman–Crippen LogP) is 4.14. The van der Waals surface area contributed by atoms with Crippen molar-refractivity contribution in [3.63, 3.8) is 0 Å². The molecular formula is C17H33NO. The minimum absolute atomic E-state index is 0.475. The Balaban J connectivity index is 1.70. The highest BCUT2D eigenvalue weighted by Crippen LogP contribution is 2.29. The van der Waals surface area contributed by atoms with Crippen LogP contribution in [0.2, 0.25) is 0 Å². The minimum atomic E-state index is 0.475. The zero-order valence-electron chi connectivity index (χ0n) is 13.2. The number of rotatable bonds is 5. The van der Waals surface area contributed by atoms with Gasteiger partial charge in [-0.3, -0.25) is 0 Å². The normalized spacial score (nSPS) is 36.6. The van der Waals surface area contributed by atoms with Gasteiger partial charge in [0.25, 0.3) is 0 Å². The van der Waals surface area contributed by atoms with Gasteiger partial charge >= 0.3 is 0 Å². The third-order valence-corrected chi connectivity index (χ3v) is 5.07. The maximum atomic E-state index is 5.87. The molecule has 0 aromatic rings. The van der Waals surface area contributed by atoms with Crippen molar-refractivity contribution in [2.75, 3.05) is 6.61 Å². The van der Waals surface area contributed by atoms with Crippen LogP contribution < -0.4 is 5.32 Å². The minimum Gasteiger partial charge on any atom is -0.378 e. The van der Waals surface area contributed by atoms with Gasteiger partial charge in [-0.2, -0.15) is 0 Å². The number of nitrogens with one attached hydrogen (secondary N) is 1. The van der Waals surface area contributed by atoms with Crippen molar-refractivity contribution in [2.45, 2.75) is 90.3 Å². The lowest BCUT2D eigenvalue weighted by Gasteiger charge is -2.37. The first-order chi connectivity index (χ1) is 9.19. The summed E-state index contributed by atoms with van der Waals surface area (Å²) in [5.41, 5.74) is 0. The number of ether oxygens (including phenoxy) is 1. The molecule has 0 amide bonds. The van der Waals surface area contributed by atoms with E-state index in [-0.39, 0.29) is 0 Å². The Bertz CT molecular complexity index is 246. The van der Waals surface area contributed by atoms with Gasteiger partial charge in [0.15, 0.2) is 0 Å². The SMILES string of the molecule is CCCC1CCC(NC2CCOC(C(C)C)C2)CC1. The van der Waals surface area contributed by atoms with E-state index in [9.17, 15) is 0 Å². The van der Waals surface area contributed by atoms with Crippen LogP contribution in [0.4, 0.5) is 0 Å². The molecule has 112 valence electrons. The first-order valence-electron chi connectivity index (χ1n) is 8.56. The Labute approximate surface area is 119 Å². The summed E-state index contributed by atoms with van der Waals surface area (Å²) in [6.45, 7) is 7.83. The van der Waals surface area contributed by atoms with Crippen LogP contribution in [0, 0.1) is 11.8 Å². The van der Waals surface area contributed by atoms with Crippen molar-refractivity contribution in [2.24, 2.45) is 11.8 Å². The molecule has 2 aliphatic rings. The van der Waals surface area contributed by atoms with E-state index in [0.717, 1.165) is 18.6 Å². The Morgan fingerprint density at radius 1 is 1.05 bits per heavy atom. The van der Waals surface area contributed by atoms with Crippen LogP contribution in [-0.2, 0) is 4.74 Å². The molecular weight excluding hydrogens is 234 g/mol. The molecule has 1 N–H and O–H groups in total. The van der Waals surface area contributed by atoms with Crippen molar-refractivity contribution in [1.29, 1.82) is 0 Å².